The van der Waals surface area contributed by atoms with Gasteiger partial charge in [0.15, 0.2) is 0 Å². The van der Waals surface area contributed by atoms with Crippen LogP contribution in [0, 0.1) is 6.92 Å². The molecule has 0 spiro atoms. The van der Waals surface area contributed by atoms with E-state index in [-0.39, 0.29) is 24.1 Å². The number of nitrogens with zero attached hydrogens (tertiary/aromatic N) is 2. The van der Waals surface area contributed by atoms with Gasteiger partial charge in [0, 0.05) is 6.61 Å². The van der Waals surface area contributed by atoms with Crippen molar-refractivity contribution in [1.29, 1.82) is 0 Å². The van der Waals surface area contributed by atoms with Crippen molar-refractivity contribution in [3.8, 4) is 0 Å². The molecular weight excluding hydrogens is 266 g/mol. The van der Waals surface area contributed by atoms with Gasteiger partial charge in [-0.15, -0.1) is 0 Å². The normalized spacial score (nSPS) is 22.2. The number of rotatable bonds is 4. The van der Waals surface area contributed by atoms with Crippen LogP contribution < -0.4 is 5.32 Å². The zero-order valence-corrected chi connectivity index (χ0v) is 12.3. The molecule has 1 aromatic heterocycles. The van der Waals surface area contributed by atoms with E-state index in [1.54, 1.807) is 10.9 Å². The van der Waals surface area contributed by atoms with E-state index in [1.165, 1.54) is 0 Å². The fourth-order valence-corrected chi connectivity index (χ4v) is 2.47. The molecule has 1 N–H and O–H groups in total. The third-order valence-electron chi connectivity index (χ3n) is 3.62. The van der Waals surface area contributed by atoms with E-state index in [1.807, 2.05) is 20.8 Å². The maximum absolute atomic E-state index is 12.2. The topological polar surface area (TPSA) is 56.2 Å². The summed E-state index contributed by atoms with van der Waals surface area (Å²) >= 11 is 5.95. The molecule has 1 amide bonds. The van der Waals surface area contributed by atoms with Crippen molar-refractivity contribution in [1.82, 2.24) is 15.1 Å². The van der Waals surface area contributed by atoms with Gasteiger partial charge in [-0.2, -0.15) is 5.10 Å². The smallest absolute Gasteiger partial charge is 0.244 e. The van der Waals surface area contributed by atoms with E-state index in [0.29, 0.717) is 5.02 Å². The first-order valence-corrected chi connectivity index (χ1v) is 7.00. The zero-order valence-electron chi connectivity index (χ0n) is 11.5. The van der Waals surface area contributed by atoms with E-state index in [4.69, 9.17) is 16.3 Å². The average molecular weight is 286 g/mol. The number of carbonyl (C=O) groups is 1. The summed E-state index contributed by atoms with van der Waals surface area (Å²) in [5.74, 6) is -0.0640. The van der Waals surface area contributed by atoms with Crippen LogP contribution in [0.4, 0.5) is 0 Å². The SMILES string of the molecule is Cc1c(Cl)cnn1[C@H](C)C(=O)N[C@H](C)[C@H]1CCCO1. The van der Waals surface area contributed by atoms with Crippen molar-refractivity contribution >= 4 is 17.5 Å². The van der Waals surface area contributed by atoms with E-state index < -0.39 is 0 Å². The Morgan fingerprint density at radius 3 is 2.89 bits per heavy atom. The number of hydrogen-bond acceptors (Lipinski definition) is 3. The van der Waals surface area contributed by atoms with Crippen molar-refractivity contribution in [3.63, 3.8) is 0 Å². The van der Waals surface area contributed by atoms with Crippen LogP contribution in [0.3, 0.4) is 0 Å². The third-order valence-corrected chi connectivity index (χ3v) is 3.99. The Morgan fingerprint density at radius 1 is 1.63 bits per heavy atom. The summed E-state index contributed by atoms with van der Waals surface area (Å²) in [7, 11) is 0. The Morgan fingerprint density at radius 2 is 2.37 bits per heavy atom. The standard InChI is InChI=1S/C13H20ClN3O2/c1-8(12-5-4-6-19-12)16-13(18)10(3)17-9(2)11(14)7-15-17/h7-8,10,12H,4-6H2,1-3H3,(H,16,18)/t8-,10-,12-/m1/s1. The lowest BCUT2D eigenvalue weighted by molar-refractivity contribution is -0.125. The highest BCUT2D eigenvalue weighted by molar-refractivity contribution is 6.31. The molecule has 2 rings (SSSR count). The fraction of sp³-hybridized carbons (Fsp3) is 0.692. The van der Waals surface area contributed by atoms with E-state index >= 15 is 0 Å². The molecule has 1 saturated heterocycles. The third kappa shape index (κ3) is 3.09. The molecule has 1 aliphatic rings. The Bertz CT molecular complexity index is 455. The van der Waals surface area contributed by atoms with Crippen molar-refractivity contribution in [2.24, 2.45) is 0 Å². The molecule has 0 unspecified atom stereocenters. The van der Waals surface area contributed by atoms with Crippen LogP contribution >= 0.6 is 11.6 Å². The lowest BCUT2D eigenvalue weighted by atomic mass is 10.1. The largest absolute Gasteiger partial charge is 0.376 e. The molecule has 6 heteroatoms. The second-order valence-electron chi connectivity index (χ2n) is 5.05. The van der Waals surface area contributed by atoms with E-state index in [9.17, 15) is 4.79 Å². The van der Waals surface area contributed by atoms with Gasteiger partial charge in [0.2, 0.25) is 5.91 Å². The molecule has 0 bridgehead atoms. The zero-order chi connectivity index (χ0) is 14.0. The molecule has 0 radical (unpaired) electrons. The quantitative estimate of drug-likeness (QED) is 0.922. The second-order valence-corrected chi connectivity index (χ2v) is 5.45. The van der Waals surface area contributed by atoms with E-state index in [0.717, 1.165) is 25.1 Å². The molecule has 5 nitrogen and oxygen atoms in total. The Labute approximate surface area is 118 Å². The van der Waals surface area contributed by atoms with Gasteiger partial charge < -0.3 is 10.1 Å². The van der Waals surface area contributed by atoms with Gasteiger partial charge in [0.25, 0.3) is 0 Å². The van der Waals surface area contributed by atoms with Crippen LogP contribution in [0.2, 0.25) is 5.02 Å². The molecular formula is C13H20ClN3O2. The van der Waals surface area contributed by atoms with Crippen LogP contribution in [0.5, 0.6) is 0 Å². The summed E-state index contributed by atoms with van der Waals surface area (Å²) in [4.78, 5) is 12.2. The minimum atomic E-state index is -0.378. The Balaban J connectivity index is 1.97. The van der Waals surface area contributed by atoms with Crippen LogP contribution in [0.1, 0.15) is 38.4 Å². The number of amides is 1. The molecule has 1 aliphatic heterocycles. The number of ether oxygens (including phenoxy) is 1. The summed E-state index contributed by atoms with van der Waals surface area (Å²) in [6, 6.07) is -0.361. The van der Waals surface area contributed by atoms with Gasteiger partial charge in [-0.3, -0.25) is 9.48 Å². The molecule has 0 saturated carbocycles. The van der Waals surface area contributed by atoms with Gasteiger partial charge in [-0.05, 0) is 33.6 Å². The molecule has 0 aromatic carbocycles. The van der Waals surface area contributed by atoms with Crippen molar-refractivity contribution in [2.75, 3.05) is 6.61 Å². The monoisotopic (exact) mass is 285 g/mol. The number of carbonyl (C=O) groups excluding carboxylic acids is 1. The molecule has 106 valence electrons. The van der Waals surface area contributed by atoms with Crippen LogP contribution in [0.15, 0.2) is 6.20 Å². The summed E-state index contributed by atoms with van der Waals surface area (Å²) < 4.78 is 7.21. The lowest BCUT2D eigenvalue weighted by Gasteiger charge is -2.22. The highest BCUT2D eigenvalue weighted by Crippen LogP contribution is 2.19. The fourth-order valence-electron chi connectivity index (χ4n) is 2.34. The molecule has 1 aromatic rings. The summed E-state index contributed by atoms with van der Waals surface area (Å²) in [6.07, 6.45) is 3.75. The van der Waals surface area contributed by atoms with Crippen LogP contribution in [-0.4, -0.2) is 34.4 Å². The highest BCUT2D eigenvalue weighted by atomic mass is 35.5. The number of hydrogen-bond donors (Lipinski definition) is 1. The minimum absolute atomic E-state index is 0.0174. The maximum atomic E-state index is 12.2. The summed E-state index contributed by atoms with van der Waals surface area (Å²) in [5.41, 5.74) is 0.800. The lowest BCUT2D eigenvalue weighted by Crippen LogP contribution is -2.43. The number of aromatic nitrogens is 2. The van der Waals surface area contributed by atoms with Crippen molar-refractivity contribution < 1.29 is 9.53 Å². The molecule has 0 aliphatic carbocycles. The maximum Gasteiger partial charge on any atom is 0.244 e. The first-order valence-electron chi connectivity index (χ1n) is 6.62. The van der Waals surface area contributed by atoms with Gasteiger partial charge in [-0.25, -0.2) is 0 Å². The molecule has 2 heterocycles. The predicted molar refractivity (Wildman–Crippen MR) is 73.3 cm³/mol. The minimum Gasteiger partial charge on any atom is -0.376 e. The van der Waals surface area contributed by atoms with Gasteiger partial charge in [0.1, 0.15) is 6.04 Å². The van der Waals surface area contributed by atoms with Crippen molar-refractivity contribution in [2.45, 2.75) is 51.8 Å². The molecule has 3 atom stereocenters. The first-order chi connectivity index (χ1) is 9.00. The van der Waals surface area contributed by atoms with Crippen LogP contribution in [-0.2, 0) is 9.53 Å². The molecule has 1 fully saturated rings. The van der Waals surface area contributed by atoms with Crippen molar-refractivity contribution in [3.05, 3.63) is 16.9 Å². The Kier molecular flexibility index (Phi) is 4.47. The van der Waals surface area contributed by atoms with E-state index in [2.05, 4.69) is 10.4 Å². The number of nitrogens with one attached hydrogen (secondary N) is 1. The summed E-state index contributed by atoms with van der Waals surface area (Å²) in [6.45, 7) is 6.42. The Hall–Kier alpha value is -1.07. The predicted octanol–water partition coefficient (Wildman–Crippen LogP) is 2.09. The average Bonchev–Trinajstić information content (AvgIpc) is 3.00. The van der Waals surface area contributed by atoms with Gasteiger partial charge in [0.05, 0.1) is 29.1 Å². The first kappa shape index (κ1) is 14.3. The number of halogens is 1. The van der Waals surface area contributed by atoms with Gasteiger partial charge in [-0.1, -0.05) is 11.6 Å². The highest BCUT2D eigenvalue weighted by Gasteiger charge is 2.26. The van der Waals surface area contributed by atoms with Gasteiger partial charge >= 0.3 is 0 Å². The van der Waals surface area contributed by atoms with Crippen LogP contribution in [0.25, 0.3) is 0 Å². The molecule has 19 heavy (non-hydrogen) atoms. The summed E-state index contributed by atoms with van der Waals surface area (Å²) in [5, 5.41) is 7.70. The second kappa shape index (κ2) is 5.92.